The Morgan fingerprint density at radius 2 is 1.81 bits per heavy atom. The zero-order valence-corrected chi connectivity index (χ0v) is 11.1. The average molecular weight is 283 g/mol. The second kappa shape index (κ2) is 7.07. The van der Waals surface area contributed by atoms with E-state index in [2.05, 4.69) is 0 Å². The van der Waals surface area contributed by atoms with Gasteiger partial charge in [0.2, 0.25) is 0 Å². The normalized spacial score (nSPS) is 12.9. The van der Waals surface area contributed by atoms with Crippen molar-refractivity contribution in [1.82, 2.24) is 0 Å². The fraction of sp³-hybridized carbons (Fsp3) is 0.455. The van der Waals surface area contributed by atoms with Crippen molar-refractivity contribution in [3.05, 3.63) is 35.9 Å². The molecule has 0 aromatic heterocycles. The number of unbranched alkanes of at least 4 members (excludes halogenated alkanes) is 1. The van der Waals surface area contributed by atoms with Crippen molar-refractivity contribution in [2.75, 3.05) is 0 Å². The second-order valence-electron chi connectivity index (χ2n) is 3.56. The van der Waals surface area contributed by atoms with Crippen molar-refractivity contribution in [1.29, 1.82) is 0 Å². The molecule has 16 heavy (non-hydrogen) atoms. The van der Waals surface area contributed by atoms with Gasteiger partial charge >= 0.3 is 0 Å². The first-order valence-electron chi connectivity index (χ1n) is 5.07. The van der Waals surface area contributed by atoms with Crippen molar-refractivity contribution >= 4 is 10.1 Å². The largest absolute Gasteiger partial charge is 0.285 e. The Hall–Kier alpha value is -0.351. The molecule has 0 fully saturated rings. The molecule has 1 atom stereocenters. The van der Waals surface area contributed by atoms with E-state index in [1.807, 2.05) is 13.0 Å². The number of hydrogen-bond acceptors (Lipinski definition) is 2. The van der Waals surface area contributed by atoms with E-state index in [1.165, 1.54) is 0 Å². The zero-order valence-electron chi connectivity index (χ0n) is 9.14. The van der Waals surface area contributed by atoms with Crippen LogP contribution < -0.4 is 0 Å². The van der Waals surface area contributed by atoms with Crippen LogP contribution in [0.3, 0.4) is 0 Å². The maximum Gasteiger partial charge on any atom is 0.271 e. The van der Waals surface area contributed by atoms with Gasteiger partial charge in [-0.15, -0.1) is 0 Å². The van der Waals surface area contributed by atoms with Crippen LogP contribution in [-0.2, 0) is 27.2 Å². The van der Waals surface area contributed by atoms with E-state index in [1.54, 1.807) is 24.3 Å². The first-order valence-corrected chi connectivity index (χ1v) is 6.57. The summed E-state index contributed by atoms with van der Waals surface area (Å²) in [5.41, 5.74) is 0.661. The van der Waals surface area contributed by atoms with E-state index < -0.39 is 15.4 Å². The molecule has 1 N–H and O–H groups in total. The monoisotopic (exact) mass is 283 g/mol. The number of rotatable bonds is 5. The first-order chi connectivity index (χ1) is 7.05. The third-order valence-electron chi connectivity index (χ3n) is 2.35. The molecule has 0 spiro atoms. The molecule has 0 aliphatic rings. The fourth-order valence-corrected chi connectivity index (χ4v) is 2.51. The van der Waals surface area contributed by atoms with E-state index in [-0.39, 0.29) is 17.1 Å². The van der Waals surface area contributed by atoms with Crippen molar-refractivity contribution in [2.24, 2.45) is 0 Å². The summed E-state index contributed by atoms with van der Waals surface area (Å²) < 4.78 is 31.5. The van der Waals surface area contributed by atoms with Crippen LogP contribution in [0.5, 0.6) is 0 Å². The van der Waals surface area contributed by atoms with Crippen molar-refractivity contribution in [3.8, 4) is 0 Å². The smallest absolute Gasteiger partial charge is 0.271 e. The molecule has 0 aliphatic heterocycles. The van der Waals surface area contributed by atoms with E-state index >= 15 is 0 Å². The maximum atomic E-state index is 11.2. The SMILES string of the molecule is CCCCC(c1ccccc1)S(=O)(=O)O.[Mn]. The van der Waals surface area contributed by atoms with Gasteiger partial charge in [-0.1, -0.05) is 50.1 Å². The summed E-state index contributed by atoms with van der Waals surface area (Å²) in [4.78, 5) is 0. The molecule has 0 bridgehead atoms. The number of hydrogen-bond donors (Lipinski definition) is 1. The Morgan fingerprint density at radius 1 is 1.25 bits per heavy atom. The van der Waals surface area contributed by atoms with Crippen LogP contribution in [0.1, 0.15) is 37.0 Å². The Kier molecular flexibility index (Phi) is 6.91. The van der Waals surface area contributed by atoms with Gasteiger partial charge in [-0.2, -0.15) is 8.42 Å². The van der Waals surface area contributed by atoms with Gasteiger partial charge in [0.15, 0.2) is 0 Å². The molecule has 1 unspecified atom stereocenters. The zero-order chi connectivity index (χ0) is 11.3. The molecule has 91 valence electrons. The summed E-state index contributed by atoms with van der Waals surface area (Å²) >= 11 is 0. The second-order valence-corrected chi connectivity index (χ2v) is 5.16. The summed E-state index contributed by atoms with van der Waals surface area (Å²) in [6.07, 6.45) is 2.18. The Labute approximate surface area is 107 Å². The minimum Gasteiger partial charge on any atom is -0.285 e. The van der Waals surface area contributed by atoms with Crippen LogP contribution in [0.25, 0.3) is 0 Å². The van der Waals surface area contributed by atoms with E-state index in [0.717, 1.165) is 12.8 Å². The van der Waals surface area contributed by atoms with E-state index in [4.69, 9.17) is 4.55 Å². The quantitative estimate of drug-likeness (QED) is 0.668. The molecule has 0 heterocycles. The standard InChI is InChI=1S/C11H16O3S.Mn/c1-2-3-9-11(15(12,13)14)10-7-5-4-6-8-10;/h4-8,11H,2-3,9H2,1H3,(H,12,13,14);. The van der Waals surface area contributed by atoms with Gasteiger partial charge in [0.25, 0.3) is 10.1 Å². The molecule has 1 radical (unpaired) electrons. The molecule has 0 amide bonds. The molecule has 1 aromatic rings. The topological polar surface area (TPSA) is 54.4 Å². The minimum absolute atomic E-state index is 0. The van der Waals surface area contributed by atoms with Crippen molar-refractivity contribution < 1.29 is 30.0 Å². The molecule has 0 aliphatic carbocycles. The first kappa shape index (κ1) is 15.6. The van der Waals surface area contributed by atoms with Crippen LogP contribution >= 0.6 is 0 Å². The Balaban J connectivity index is 0.00000225. The van der Waals surface area contributed by atoms with Crippen LogP contribution in [0.4, 0.5) is 0 Å². The van der Waals surface area contributed by atoms with Crippen LogP contribution in [0.15, 0.2) is 30.3 Å². The van der Waals surface area contributed by atoms with Gasteiger partial charge in [-0.05, 0) is 12.0 Å². The molecule has 1 aromatic carbocycles. The number of benzene rings is 1. The summed E-state index contributed by atoms with van der Waals surface area (Å²) in [5.74, 6) is 0. The maximum absolute atomic E-state index is 11.2. The van der Waals surface area contributed by atoms with Crippen LogP contribution in [-0.4, -0.2) is 13.0 Å². The summed E-state index contributed by atoms with van der Waals surface area (Å²) in [6, 6.07) is 8.84. The van der Waals surface area contributed by atoms with Crippen LogP contribution in [0.2, 0.25) is 0 Å². The van der Waals surface area contributed by atoms with Gasteiger partial charge < -0.3 is 0 Å². The third kappa shape index (κ3) is 4.66. The van der Waals surface area contributed by atoms with Gasteiger partial charge in [0.05, 0.1) is 0 Å². The molecular formula is C11H16MnO3S. The van der Waals surface area contributed by atoms with Gasteiger partial charge in [-0.25, -0.2) is 0 Å². The Bertz CT molecular complexity index is 389. The van der Waals surface area contributed by atoms with Crippen molar-refractivity contribution in [2.45, 2.75) is 31.4 Å². The predicted molar refractivity (Wildman–Crippen MR) is 60.3 cm³/mol. The molecule has 0 saturated heterocycles. The van der Waals surface area contributed by atoms with Gasteiger partial charge in [-0.3, -0.25) is 4.55 Å². The van der Waals surface area contributed by atoms with Crippen LogP contribution in [0, 0.1) is 0 Å². The third-order valence-corrected chi connectivity index (χ3v) is 3.58. The molecule has 1 rings (SSSR count). The summed E-state index contributed by atoms with van der Waals surface area (Å²) in [7, 11) is -3.99. The fourth-order valence-electron chi connectivity index (χ4n) is 1.54. The van der Waals surface area contributed by atoms with Gasteiger partial charge in [0, 0.05) is 17.1 Å². The molecule has 3 nitrogen and oxygen atoms in total. The molecule has 0 saturated carbocycles. The average Bonchev–Trinajstić information content (AvgIpc) is 2.18. The van der Waals surface area contributed by atoms with Crippen molar-refractivity contribution in [3.63, 3.8) is 0 Å². The molecule has 5 heteroatoms. The summed E-state index contributed by atoms with van der Waals surface area (Å²) in [6.45, 7) is 1.99. The van der Waals surface area contributed by atoms with Gasteiger partial charge in [0.1, 0.15) is 5.25 Å². The van der Waals surface area contributed by atoms with E-state index in [0.29, 0.717) is 12.0 Å². The Morgan fingerprint density at radius 3 is 2.25 bits per heavy atom. The predicted octanol–water partition coefficient (Wildman–Crippen LogP) is 2.80. The summed E-state index contributed by atoms with van der Waals surface area (Å²) in [5, 5.41) is -0.779. The molecular weight excluding hydrogens is 267 g/mol. The minimum atomic E-state index is -3.99. The van der Waals surface area contributed by atoms with E-state index in [9.17, 15) is 8.42 Å².